The molecule has 1 aromatic rings. The van der Waals surface area contributed by atoms with E-state index in [1.165, 1.54) is 0 Å². The van der Waals surface area contributed by atoms with Crippen LogP contribution in [-0.2, 0) is 9.47 Å². The number of benzene rings is 1. The molecule has 5 nitrogen and oxygen atoms in total. The second kappa shape index (κ2) is 16.0. The number of unbranched alkanes of at least 4 members (excludes halogenated alkanes) is 2. The largest absolute Gasteiger partial charge is 0.462 e. The standard InChI is InChI=1S/C24H38O4.H2O/c1-5-9-13-19(7-3)17-27-23(25)21-15-11-12-16-22(21)24(26)28-18-20(8-4)14-10-6-2;/h11-12,15-16,19-20H,5-10,13-14,17-18H2,1-4H3;1H2. The molecule has 2 atom stereocenters. The van der Waals surface area contributed by atoms with Crippen molar-refractivity contribution in [3.05, 3.63) is 35.4 Å². The van der Waals surface area contributed by atoms with Crippen molar-refractivity contribution in [1.82, 2.24) is 0 Å². The summed E-state index contributed by atoms with van der Waals surface area (Å²) in [4.78, 5) is 25.1. The summed E-state index contributed by atoms with van der Waals surface area (Å²) in [5.74, 6) is -0.153. The van der Waals surface area contributed by atoms with Gasteiger partial charge in [-0.2, -0.15) is 0 Å². The zero-order valence-corrected chi connectivity index (χ0v) is 18.7. The summed E-state index contributed by atoms with van der Waals surface area (Å²) in [5.41, 5.74) is 0.582. The summed E-state index contributed by atoms with van der Waals surface area (Å²) >= 11 is 0. The molecule has 2 unspecified atom stereocenters. The Labute approximate surface area is 176 Å². The molecule has 0 amide bonds. The number of carbonyl (C=O) groups excluding carboxylic acids is 2. The SMILES string of the molecule is CCCCC(CC)COC(=O)c1ccccc1C(=O)OCC(CC)CCCC.O. The Morgan fingerprint density at radius 3 is 1.45 bits per heavy atom. The molecule has 166 valence electrons. The Balaban J connectivity index is 0.00000784. The summed E-state index contributed by atoms with van der Waals surface area (Å²) in [6.07, 6.45) is 8.61. The fourth-order valence-electron chi connectivity index (χ4n) is 3.18. The third-order valence-corrected chi connectivity index (χ3v) is 5.35. The Bertz CT molecular complexity index is 533. The van der Waals surface area contributed by atoms with Gasteiger partial charge in [-0.3, -0.25) is 0 Å². The van der Waals surface area contributed by atoms with E-state index in [-0.39, 0.29) is 5.48 Å². The third kappa shape index (κ3) is 9.93. The molecule has 29 heavy (non-hydrogen) atoms. The summed E-state index contributed by atoms with van der Waals surface area (Å²) < 4.78 is 11.0. The minimum atomic E-state index is -0.444. The number of hydrogen-bond donors (Lipinski definition) is 0. The predicted octanol–water partition coefficient (Wildman–Crippen LogP) is 5.61. The zero-order valence-electron chi connectivity index (χ0n) is 18.7. The quantitative estimate of drug-likeness (QED) is 0.375. The molecular weight excluding hydrogens is 368 g/mol. The van der Waals surface area contributed by atoms with Crippen LogP contribution in [0, 0.1) is 11.8 Å². The minimum absolute atomic E-state index is 0. The van der Waals surface area contributed by atoms with Crippen LogP contribution in [0.4, 0.5) is 0 Å². The van der Waals surface area contributed by atoms with Gasteiger partial charge >= 0.3 is 11.9 Å². The van der Waals surface area contributed by atoms with Gasteiger partial charge < -0.3 is 14.9 Å². The third-order valence-electron chi connectivity index (χ3n) is 5.35. The van der Waals surface area contributed by atoms with Crippen molar-refractivity contribution >= 4 is 11.9 Å². The Kier molecular flexibility index (Phi) is 14.9. The second-order valence-electron chi connectivity index (χ2n) is 7.58. The Morgan fingerprint density at radius 1 is 0.759 bits per heavy atom. The predicted molar refractivity (Wildman–Crippen MR) is 117 cm³/mol. The van der Waals surface area contributed by atoms with Gasteiger partial charge in [0.1, 0.15) is 0 Å². The van der Waals surface area contributed by atoms with Crippen LogP contribution in [-0.4, -0.2) is 30.6 Å². The van der Waals surface area contributed by atoms with Gasteiger partial charge in [0.05, 0.1) is 24.3 Å². The fraction of sp³-hybridized carbons (Fsp3) is 0.667. The van der Waals surface area contributed by atoms with Crippen LogP contribution >= 0.6 is 0 Å². The van der Waals surface area contributed by atoms with Gasteiger partial charge in [-0.05, 0) is 36.8 Å². The number of carbonyl (C=O) groups is 2. The van der Waals surface area contributed by atoms with Gasteiger partial charge in [-0.15, -0.1) is 0 Å². The van der Waals surface area contributed by atoms with Gasteiger partial charge in [0.25, 0.3) is 0 Å². The van der Waals surface area contributed by atoms with Crippen molar-refractivity contribution in [1.29, 1.82) is 0 Å². The molecule has 0 fully saturated rings. The van der Waals surface area contributed by atoms with E-state index in [1.807, 2.05) is 0 Å². The highest BCUT2D eigenvalue weighted by molar-refractivity contribution is 6.03. The maximum absolute atomic E-state index is 12.6. The van der Waals surface area contributed by atoms with Gasteiger partial charge in [0.2, 0.25) is 0 Å². The second-order valence-corrected chi connectivity index (χ2v) is 7.58. The van der Waals surface area contributed by atoms with Crippen molar-refractivity contribution in [3.8, 4) is 0 Å². The molecule has 5 heteroatoms. The molecule has 0 aliphatic carbocycles. The molecule has 0 saturated carbocycles. The Morgan fingerprint density at radius 2 is 1.14 bits per heavy atom. The van der Waals surface area contributed by atoms with Gasteiger partial charge in [0.15, 0.2) is 0 Å². The van der Waals surface area contributed by atoms with E-state index in [9.17, 15) is 9.59 Å². The molecule has 0 aliphatic heterocycles. The lowest BCUT2D eigenvalue weighted by atomic mass is 10.0. The molecule has 0 heterocycles. The summed E-state index contributed by atoms with van der Waals surface area (Å²) in [6.45, 7) is 9.34. The van der Waals surface area contributed by atoms with E-state index in [0.29, 0.717) is 36.2 Å². The lowest BCUT2D eigenvalue weighted by Crippen LogP contribution is -2.19. The number of rotatable bonds is 14. The first-order valence-electron chi connectivity index (χ1n) is 11.0. The van der Waals surface area contributed by atoms with Crippen molar-refractivity contribution in [3.63, 3.8) is 0 Å². The van der Waals surface area contributed by atoms with Crippen LogP contribution in [0.2, 0.25) is 0 Å². The Hall–Kier alpha value is -1.88. The molecule has 0 aliphatic rings. The lowest BCUT2D eigenvalue weighted by molar-refractivity contribution is 0.0381. The first-order valence-corrected chi connectivity index (χ1v) is 11.0. The van der Waals surface area contributed by atoms with Crippen LogP contribution in [0.25, 0.3) is 0 Å². The van der Waals surface area contributed by atoms with Crippen molar-refractivity contribution in [2.75, 3.05) is 13.2 Å². The average molecular weight is 409 g/mol. The number of ether oxygens (including phenoxy) is 2. The van der Waals surface area contributed by atoms with E-state index in [2.05, 4.69) is 27.7 Å². The van der Waals surface area contributed by atoms with E-state index in [1.54, 1.807) is 24.3 Å². The fourth-order valence-corrected chi connectivity index (χ4v) is 3.18. The molecule has 1 aromatic carbocycles. The number of esters is 2. The molecule has 0 bridgehead atoms. The molecule has 0 radical (unpaired) electrons. The van der Waals surface area contributed by atoms with Crippen LogP contribution in [0.3, 0.4) is 0 Å². The smallest absolute Gasteiger partial charge is 0.339 e. The molecule has 2 N–H and O–H groups in total. The highest BCUT2D eigenvalue weighted by atomic mass is 16.5. The average Bonchev–Trinajstić information content (AvgIpc) is 2.73. The van der Waals surface area contributed by atoms with Gasteiger partial charge in [0, 0.05) is 0 Å². The first-order chi connectivity index (χ1) is 13.6. The van der Waals surface area contributed by atoms with Crippen LogP contribution in [0.5, 0.6) is 0 Å². The zero-order chi connectivity index (χ0) is 20.8. The van der Waals surface area contributed by atoms with Crippen molar-refractivity contribution in [2.45, 2.75) is 79.1 Å². The molecule has 0 spiro atoms. The molecule has 1 rings (SSSR count). The van der Waals surface area contributed by atoms with Crippen LogP contribution in [0.1, 0.15) is 99.8 Å². The highest BCUT2D eigenvalue weighted by Crippen LogP contribution is 2.18. The minimum Gasteiger partial charge on any atom is -0.462 e. The highest BCUT2D eigenvalue weighted by Gasteiger charge is 2.21. The van der Waals surface area contributed by atoms with Gasteiger partial charge in [-0.1, -0.05) is 78.4 Å². The van der Waals surface area contributed by atoms with E-state index in [0.717, 1.165) is 51.4 Å². The molecular formula is C24H40O5. The van der Waals surface area contributed by atoms with E-state index in [4.69, 9.17) is 9.47 Å². The molecule has 0 saturated heterocycles. The van der Waals surface area contributed by atoms with Gasteiger partial charge in [-0.25, -0.2) is 9.59 Å². The maximum Gasteiger partial charge on any atom is 0.339 e. The first kappa shape index (κ1) is 27.1. The van der Waals surface area contributed by atoms with Crippen molar-refractivity contribution < 1.29 is 24.5 Å². The monoisotopic (exact) mass is 408 g/mol. The van der Waals surface area contributed by atoms with Crippen molar-refractivity contribution in [2.24, 2.45) is 11.8 Å². The normalized spacial score (nSPS) is 12.6. The summed E-state index contributed by atoms with van der Waals surface area (Å²) in [5, 5.41) is 0. The van der Waals surface area contributed by atoms with Crippen LogP contribution < -0.4 is 0 Å². The van der Waals surface area contributed by atoms with E-state index >= 15 is 0 Å². The topological polar surface area (TPSA) is 84.1 Å². The van der Waals surface area contributed by atoms with Crippen LogP contribution in [0.15, 0.2) is 24.3 Å². The lowest BCUT2D eigenvalue weighted by Gasteiger charge is -2.17. The number of hydrogen-bond acceptors (Lipinski definition) is 4. The van der Waals surface area contributed by atoms with E-state index < -0.39 is 11.9 Å². The summed E-state index contributed by atoms with van der Waals surface area (Å²) in [7, 11) is 0. The molecule has 0 aromatic heterocycles. The summed E-state index contributed by atoms with van der Waals surface area (Å²) in [6, 6.07) is 6.77. The maximum atomic E-state index is 12.6.